The Hall–Kier alpha value is -1.06. The summed E-state index contributed by atoms with van der Waals surface area (Å²) >= 11 is 0. The van der Waals surface area contributed by atoms with Crippen molar-refractivity contribution >= 4 is 11.9 Å². The Kier molecular flexibility index (Phi) is 6.89. The highest BCUT2D eigenvalue weighted by Crippen LogP contribution is 2.31. The van der Waals surface area contributed by atoms with Crippen molar-refractivity contribution in [3.63, 3.8) is 0 Å². The number of hydrogen-bond acceptors (Lipinski definition) is 4. The first kappa shape index (κ1) is 16.0. The molecule has 0 aromatic rings. The molecule has 0 bridgehead atoms. The van der Waals surface area contributed by atoms with Crippen LogP contribution in [0.4, 0.5) is 0 Å². The van der Waals surface area contributed by atoms with Gasteiger partial charge < -0.3 is 9.47 Å². The van der Waals surface area contributed by atoms with E-state index in [9.17, 15) is 9.59 Å². The zero-order valence-electron chi connectivity index (χ0n) is 12.3. The van der Waals surface area contributed by atoms with Crippen molar-refractivity contribution in [2.45, 2.75) is 65.4 Å². The molecule has 3 unspecified atom stereocenters. The Bertz CT molecular complexity index is 301. The quantitative estimate of drug-likeness (QED) is 0.696. The molecule has 1 rings (SSSR count). The second-order valence-electron chi connectivity index (χ2n) is 5.60. The molecule has 1 saturated carbocycles. The summed E-state index contributed by atoms with van der Waals surface area (Å²) in [6, 6.07) is 0. The van der Waals surface area contributed by atoms with E-state index in [-0.39, 0.29) is 30.9 Å². The summed E-state index contributed by atoms with van der Waals surface area (Å²) in [7, 11) is 0. The summed E-state index contributed by atoms with van der Waals surface area (Å²) in [6.07, 6.45) is 4.07. The fraction of sp³-hybridized carbons (Fsp3) is 0.867. The number of rotatable bonds is 6. The molecule has 4 nitrogen and oxygen atoms in total. The number of carbonyl (C=O) groups excluding carboxylic acids is 2. The van der Waals surface area contributed by atoms with E-state index in [0.717, 1.165) is 25.7 Å². The predicted octanol–water partition coefficient (Wildman–Crippen LogP) is 3.09. The maximum absolute atomic E-state index is 11.6. The highest BCUT2D eigenvalue weighted by molar-refractivity contribution is 5.77. The van der Waals surface area contributed by atoms with Gasteiger partial charge in [-0.15, -0.1) is 0 Å². The molecule has 0 aliphatic heterocycles. The van der Waals surface area contributed by atoms with Crippen LogP contribution in [-0.4, -0.2) is 24.6 Å². The lowest BCUT2D eigenvalue weighted by Gasteiger charge is -2.31. The summed E-state index contributed by atoms with van der Waals surface area (Å²) in [6.45, 7) is 6.80. The van der Waals surface area contributed by atoms with Gasteiger partial charge in [0.15, 0.2) is 0 Å². The van der Waals surface area contributed by atoms with Crippen LogP contribution in [0.5, 0.6) is 0 Å². The first-order valence-electron chi connectivity index (χ1n) is 7.38. The minimum Gasteiger partial charge on any atom is -0.466 e. The maximum atomic E-state index is 11.6. The van der Waals surface area contributed by atoms with Gasteiger partial charge in [0.25, 0.3) is 0 Å². The van der Waals surface area contributed by atoms with Crippen LogP contribution < -0.4 is 0 Å². The fourth-order valence-electron chi connectivity index (χ4n) is 2.34. The molecule has 0 radical (unpaired) electrons. The molecule has 0 spiro atoms. The summed E-state index contributed by atoms with van der Waals surface area (Å²) < 4.78 is 10.3. The van der Waals surface area contributed by atoms with Crippen LogP contribution in [0.2, 0.25) is 0 Å². The van der Waals surface area contributed by atoms with Crippen LogP contribution in [0.15, 0.2) is 0 Å². The van der Waals surface area contributed by atoms with E-state index in [1.807, 2.05) is 6.92 Å². The van der Waals surface area contributed by atoms with Gasteiger partial charge in [0.2, 0.25) is 0 Å². The van der Waals surface area contributed by atoms with Crippen molar-refractivity contribution in [1.29, 1.82) is 0 Å². The second kappa shape index (κ2) is 8.18. The van der Waals surface area contributed by atoms with Gasteiger partial charge in [-0.05, 0) is 37.5 Å². The minimum absolute atomic E-state index is 0.0327. The summed E-state index contributed by atoms with van der Waals surface area (Å²) in [5.74, 6) is 0.713. The fourth-order valence-corrected chi connectivity index (χ4v) is 2.34. The maximum Gasteiger partial charge on any atom is 0.306 e. The topological polar surface area (TPSA) is 52.6 Å². The summed E-state index contributed by atoms with van der Waals surface area (Å²) in [5.41, 5.74) is 0. The third-order valence-corrected chi connectivity index (χ3v) is 3.85. The summed E-state index contributed by atoms with van der Waals surface area (Å²) in [5, 5.41) is 0. The molecule has 1 aliphatic rings. The smallest absolute Gasteiger partial charge is 0.306 e. The normalized spacial score (nSPS) is 26.8. The van der Waals surface area contributed by atoms with Crippen molar-refractivity contribution < 1.29 is 19.1 Å². The predicted molar refractivity (Wildman–Crippen MR) is 72.5 cm³/mol. The SMILES string of the molecule is CCCOC(=O)CCC(=O)OC1CCC(C)C(C)C1. The molecule has 1 aliphatic carbocycles. The lowest BCUT2D eigenvalue weighted by molar-refractivity contribution is -0.155. The van der Waals surface area contributed by atoms with Gasteiger partial charge in [0.1, 0.15) is 6.10 Å². The molecule has 4 heteroatoms. The lowest BCUT2D eigenvalue weighted by atomic mass is 9.80. The van der Waals surface area contributed by atoms with Gasteiger partial charge in [-0.3, -0.25) is 9.59 Å². The summed E-state index contributed by atoms with van der Waals surface area (Å²) in [4.78, 5) is 22.9. The van der Waals surface area contributed by atoms with Gasteiger partial charge >= 0.3 is 11.9 Å². The molecule has 0 N–H and O–H groups in total. The van der Waals surface area contributed by atoms with E-state index in [1.165, 1.54) is 0 Å². The van der Waals surface area contributed by atoms with Crippen molar-refractivity contribution in [1.82, 2.24) is 0 Å². The highest BCUT2D eigenvalue weighted by atomic mass is 16.5. The first-order chi connectivity index (χ1) is 9.02. The Morgan fingerprint density at radius 1 is 1.05 bits per heavy atom. The van der Waals surface area contributed by atoms with E-state index in [2.05, 4.69) is 13.8 Å². The highest BCUT2D eigenvalue weighted by Gasteiger charge is 2.27. The molecule has 19 heavy (non-hydrogen) atoms. The van der Waals surface area contributed by atoms with Gasteiger partial charge in [0.05, 0.1) is 19.4 Å². The number of hydrogen-bond donors (Lipinski definition) is 0. The Labute approximate surface area is 115 Å². The molecule has 1 fully saturated rings. The molecular weight excluding hydrogens is 244 g/mol. The average molecular weight is 270 g/mol. The molecule has 3 atom stereocenters. The standard InChI is InChI=1S/C15H26O4/c1-4-9-18-14(16)7-8-15(17)19-13-6-5-11(2)12(3)10-13/h11-13H,4-10H2,1-3H3. The largest absolute Gasteiger partial charge is 0.466 e. The van der Waals surface area contributed by atoms with Crippen LogP contribution in [0.25, 0.3) is 0 Å². The second-order valence-corrected chi connectivity index (χ2v) is 5.60. The Balaban J connectivity index is 2.19. The molecule has 0 amide bonds. The molecule has 0 saturated heterocycles. The van der Waals surface area contributed by atoms with Crippen LogP contribution >= 0.6 is 0 Å². The van der Waals surface area contributed by atoms with Crippen LogP contribution in [0.1, 0.15) is 59.3 Å². The van der Waals surface area contributed by atoms with Crippen molar-refractivity contribution in [3.8, 4) is 0 Å². The van der Waals surface area contributed by atoms with Gasteiger partial charge in [-0.1, -0.05) is 20.8 Å². The minimum atomic E-state index is -0.315. The lowest BCUT2D eigenvalue weighted by Crippen LogP contribution is -2.28. The van der Waals surface area contributed by atoms with Crippen molar-refractivity contribution in [2.75, 3.05) is 6.61 Å². The number of esters is 2. The van der Waals surface area contributed by atoms with Crippen molar-refractivity contribution in [2.24, 2.45) is 11.8 Å². The molecule has 0 aromatic heterocycles. The van der Waals surface area contributed by atoms with Gasteiger partial charge in [-0.2, -0.15) is 0 Å². The monoisotopic (exact) mass is 270 g/mol. The first-order valence-corrected chi connectivity index (χ1v) is 7.38. The zero-order valence-corrected chi connectivity index (χ0v) is 12.3. The van der Waals surface area contributed by atoms with Gasteiger partial charge in [0, 0.05) is 0 Å². The Morgan fingerprint density at radius 2 is 1.74 bits per heavy atom. The molecular formula is C15H26O4. The van der Waals surface area contributed by atoms with Crippen molar-refractivity contribution in [3.05, 3.63) is 0 Å². The third kappa shape index (κ3) is 6.08. The van der Waals surface area contributed by atoms with Crippen LogP contribution in [-0.2, 0) is 19.1 Å². The van der Waals surface area contributed by atoms with E-state index in [4.69, 9.17) is 9.47 Å². The molecule has 0 aromatic carbocycles. The third-order valence-electron chi connectivity index (χ3n) is 3.85. The average Bonchev–Trinajstić information content (AvgIpc) is 2.38. The van der Waals surface area contributed by atoms with E-state index in [1.54, 1.807) is 0 Å². The van der Waals surface area contributed by atoms with E-state index in [0.29, 0.717) is 18.4 Å². The molecule has 0 heterocycles. The number of carbonyl (C=O) groups is 2. The zero-order chi connectivity index (χ0) is 14.3. The van der Waals surface area contributed by atoms with Crippen LogP contribution in [0, 0.1) is 11.8 Å². The number of ether oxygens (including phenoxy) is 2. The van der Waals surface area contributed by atoms with Crippen LogP contribution in [0.3, 0.4) is 0 Å². The Morgan fingerprint density at radius 3 is 2.37 bits per heavy atom. The molecule has 110 valence electrons. The van der Waals surface area contributed by atoms with E-state index < -0.39 is 0 Å². The van der Waals surface area contributed by atoms with E-state index >= 15 is 0 Å². The van der Waals surface area contributed by atoms with Gasteiger partial charge in [-0.25, -0.2) is 0 Å².